The summed E-state index contributed by atoms with van der Waals surface area (Å²) < 4.78 is 0. The van der Waals surface area contributed by atoms with Gasteiger partial charge in [-0.25, -0.2) is 0 Å². The van der Waals surface area contributed by atoms with Gasteiger partial charge in [0.2, 0.25) is 5.91 Å². The molecule has 2 aromatic rings. The summed E-state index contributed by atoms with van der Waals surface area (Å²) in [7, 11) is 0. The summed E-state index contributed by atoms with van der Waals surface area (Å²) in [5, 5.41) is 5.69. The summed E-state index contributed by atoms with van der Waals surface area (Å²) in [6, 6.07) is 14.5. The molecule has 4 N–H and O–H groups in total. The van der Waals surface area contributed by atoms with Crippen LogP contribution in [0.25, 0.3) is 0 Å². The molecule has 0 bridgehead atoms. The van der Waals surface area contributed by atoms with Gasteiger partial charge in [0.15, 0.2) is 0 Å². The molecule has 2 amide bonds. The molecule has 5 nitrogen and oxygen atoms in total. The quantitative estimate of drug-likeness (QED) is 0.767. The number of hydrogen-bond donors (Lipinski definition) is 3. The SMILES string of the molecule is CCc1ccc(NC(=O)c2ccccc2)cc1NC(=O)CCN. The van der Waals surface area contributed by atoms with Gasteiger partial charge in [-0.15, -0.1) is 0 Å². The fraction of sp³-hybridized carbons (Fsp3) is 0.222. The van der Waals surface area contributed by atoms with Crippen molar-refractivity contribution in [1.29, 1.82) is 0 Å². The van der Waals surface area contributed by atoms with Crippen LogP contribution < -0.4 is 16.4 Å². The Bertz CT molecular complexity index is 684. The normalized spacial score (nSPS) is 10.2. The van der Waals surface area contributed by atoms with Gasteiger partial charge in [0.05, 0.1) is 0 Å². The molecule has 120 valence electrons. The standard InChI is InChI=1S/C18H21N3O2/c1-2-13-8-9-15(12-16(13)21-17(22)10-11-19)20-18(23)14-6-4-3-5-7-14/h3-9,12H,2,10-11,19H2,1H3,(H,20,23)(H,21,22). The van der Waals surface area contributed by atoms with E-state index in [0.717, 1.165) is 12.0 Å². The highest BCUT2D eigenvalue weighted by Crippen LogP contribution is 2.22. The Morgan fingerprint density at radius 1 is 1.04 bits per heavy atom. The van der Waals surface area contributed by atoms with Crippen LogP contribution in [0.5, 0.6) is 0 Å². The van der Waals surface area contributed by atoms with Crippen LogP contribution in [0.15, 0.2) is 48.5 Å². The van der Waals surface area contributed by atoms with Crippen LogP contribution in [0.3, 0.4) is 0 Å². The number of anilines is 2. The van der Waals surface area contributed by atoms with E-state index in [2.05, 4.69) is 10.6 Å². The van der Waals surface area contributed by atoms with Gasteiger partial charge in [-0.1, -0.05) is 31.2 Å². The van der Waals surface area contributed by atoms with Gasteiger partial charge in [0.1, 0.15) is 0 Å². The van der Waals surface area contributed by atoms with Crippen molar-refractivity contribution in [2.75, 3.05) is 17.2 Å². The minimum Gasteiger partial charge on any atom is -0.330 e. The largest absolute Gasteiger partial charge is 0.330 e. The summed E-state index contributed by atoms with van der Waals surface area (Å²) in [4.78, 5) is 23.9. The topological polar surface area (TPSA) is 84.2 Å². The van der Waals surface area contributed by atoms with Gasteiger partial charge in [-0.3, -0.25) is 9.59 Å². The number of nitrogens with two attached hydrogens (primary N) is 1. The first-order valence-corrected chi connectivity index (χ1v) is 7.63. The lowest BCUT2D eigenvalue weighted by Crippen LogP contribution is -2.17. The third-order valence-corrected chi connectivity index (χ3v) is 3.43. The van der Waals surface area contributed by atoms with Crippen LogP contribution in [0, 0.1) is 0 Å². The maximum absolute atomic E-state index is 12.2. The molecule has 0 aliphatic heterocycles. The minimum absolute atomic E-state index is 0.131. The molecule has 0 radical (unpaired) electrons. The lowest BCUT2D eigenvalue weighted by molar-refractivity contribution is -0.116. The van der Waals surface area contributed by atoms with Crippen molar-refractivity contribution in [3.05, 3.63) is 59.7 Å². The molecule has 0 saturated heterocycles. The van der Waals surface area contributed by atoms with E-state index in [0.29, 0.717) is 23.5 Å². The maximum Gasteiger partial charge on any atom is 0.255 e. The molecule has 5 heteroatoms. The highest BCUT2D eigenvalue weighted by molar-refractivity contribution is 6.04. The van der Waals surface area contributed by atoms with Crippen LogP contribution in [0.2, 0.25) is 0 Å². The number of aryl methyl sites for hydroxylation is 1. The van der Waals surface area contributed by atoms with Gasteiger partial charge >= 0.3 is 0 Å². The first-order chi connectivity index (χ1) is 11.1. The zero-order valence-corrected chi connectivity index (χ0v) is 13.1. The predicted octanol–water partition coefficient (Wildman–Crippen LogP) is 2.79. The molecule has 0 aliphatic rings. The zero-order valence-electron chi connectivity index (χ0n) is 13.1. The van der Waals surface area contributed by atoms with Crippen LogP contribution in [-0.2, 0) is 11.2 Å². The van der Waals surface area contributed by atoms with Gasteiger partial charge in [0.25, 0.3) is 5.91 Å². The fourth-order valence-electron chi connectivity index (χ4n) is 2.22. The van der Waals surface area contributed by atoms with Crippen molar-refractivity contribution in [2.45, 2.75) is 19.8 Å². The zero-order chi connectivity index (χ0) is 16.7. The van der Waals surface area contributed by atoms with E-state index >= 15 is 0 Å². The van der Waals surface area contributed by atoms with Crippen molar-refractivity contribution in [3.8, 4) is 0 Å². The Morgan fingerprint density at radius 3 is 2.43 bits per heavy atom. The van der Waals surface area contributed by atoms with Crippen molar-refractivity contribution in [2.24, 2.45) is 5.73 Å². The van der Waals surface area contributed by atoms with Crippen molar-refractivity contribution >= 4 is 23.2 Å². The van der Waals surface area contributed by atoms with E-state index in [-0.39, 0.29) is 18.2 Å². The van der Waals surface area contributed by atoms with Crippen LogP contribution in [0.1, 0.15) is 29.3 Å². The number of carbonyl (C=O) groups is 2. The molecule has 0 aromatic heterocycles. The molecule has 2 rings (SSSR count). The smallest absolute Gasteiger partial charge is 0.255 e. The van der Waals surface area contributed by atoms with Crippen molar-refractivity contribution in [1.82, 2.24) is 0 Å². The third-order valence-electron chi connectivity index (χ3n) is 3.43. The number of amides is 2. The summed E-state index contributed by atoms with van der Waals surface area (Å²) >= 11 is 0. The summed E-state index contributed by atoms with van der Waals surface area (Å²) in [6.45, 7) is 2.31. The van der Waals surface area contributed by atoms with E-state index in [4.69, 9.17) is 5.73 Å². The Balaban J connectivity index is 2.16. The van der Waals surface area contributed by atoms with E-state index in [1.54, 1.807) is 18.2 Å². The Hall–Kier alpha value is -2.66. The van der Waals surface area contributed by atoms with Crippen LogP contribution >= 0.6 is 0 Å². The number of hydrogen-bond acceptors (Lipinski definition) is 3. The maximum atomic E-state index is 12.2. The average Bonchev–Trinajstić information content (AvgIpc) is 2.56. The molecule has 0 spiro atoms. The van der Waals surface area contributed by atoms with Gasteiger partial charge in [0, 0.05) is 29.9 Å². The Morgan fingerprint density at radius 2 is 1.78 bits per heavy atom. The van der Waals surface area contributed by atoms with E-state index in [1.807, 2.05) is 37.3 Å². The number of rotatable bonds is 6. The predicted molar refractivity (Wildman–Crippen MR) is 92.5 cm³/mol. The first-order valence-electron chi connectivity index (χ1n) is 7.63. The Labute approximate surface area is 135 Å². The molecule has 0 aliphatic carbocycles. The number of benzene rings is 2. The lowest BCUT2D eigenvalue weighted by Gasteiger charge is -2.13. The second-order valence-corrected chi connectivity index (χ2v) is 5.13. The highest BCUT2D eigenvalue weighted by Gasteiger charge is 2.09. The van der Waals surface area contributed by atoms with Crippen molar-refractivity contribution in [3.63, 3.8) is 0 Å². The molecule has 0 unspecified atom stereocenters. The lowest BCUT2D eigenvalue weighted by atomic mass is 10.1. The molecule has 0 atom stereocenters. The van der Waals surface area contributed by atoms with E-state index < -0.39 is 0 Å². The third kappa shape index (κ3) is 4.66. The molecule has 0 heterocycles. The average molecular weight is 311 g/mol. The van der Waals surface area contributed by atoms with E-state index in [1.165, 1.54) is 0 Å². The second kappa shape index (κ2) is 8.10. The van der Waals surface area contributed by atoms with Crippen LogP contribution in [0.4, 0.5) is 11.4 Å². The number of carbonyl (C=O) groups excluding carboxylic acids is 2. The van der Waals surface area contributed by atoms with Gasteiger partial charge < -0.3 is 16.4 Å². The molecule has 23 heavy (non-hydrogen) atoms. The first kappa shape index (κ1) is 16.7. The summed E-state index contributed by atoms with van der Waals surface area (Å²) in [6.07, 6.45) is 1.05. The molecule has 2 aromatic carbocycles. The number of nitrogens with one attached hydrogen (secondary N) is 2. The van der Waals surface area contributed by atoms with Gasteiger partial charge in [-0.2, -0.15) is 0 Å². The summed E-state index contributed by atoms with van der Waals surface area (Å²) in [5.41, 5.74) is 8.33. The molecule has 0 fully saturated rings. The second-order valence-electron chi connectivity index (χ2n) is 5.13. The monoisotopic (exact) mass is 311 g/mol. The molecular formula is C18H21N3O2. The highest BCUT2D eigenvalue weighted by atomic mass is 16.2. The minimum atomic E-state index is -0.186. The van der Waals surface area contributed by atoms with E-state index in [9.17, 15) is 9.59 Å². The molecular weight excluding hydrogens is 290 g/mol. The Kier molecular flexibility index (Phi) is 5.88. The summed E-state index contributed by atoms with van der Waals surface area (Å²) in [5.74, 6) is -0.317. The molecule has 0 saturated carbocycles. The van der Waals surface area contributed by atoms with Crippen LogP contribution in [-0.4, -0.2) is 18.4 Å². The fourth-order valence-corrected chi connectivity index (χ4v) is 2.22. The van der Waals surface area contributed by atoms with Gasteiger partial charge in [-0.05, 0) is 36.2 Å². The van der Waals surface area contributed by atoms with Crippen molar-refractivity contribution < 1.29 is 9.59 Å².